The second-order valence-corrected chi connectivity index (χ2v) is 5.39. The zero-order valence-corrected chi connectivity index (χ0v) is 9.49. The van der Waals surface area contributed by atoms with Crippen LogP contribution in [-0.4, -0.2) is 4.93 Å². The van der Waals surface area contributed by atoms with Gasteiger partial charge in [-0.3, -0.25) is 0 Å². The fourth-order valence-electron chi connectivity index (χ4n) is 1.25. The first kappa shape index (κ1) is 9.02. The molecule has 0 radical (unpaired) electrons. The monoisotopic (exact) mass is 288 g/mol. The Morgan fingerprint density at radius 2 is 2.15 bits per heavy atom. The molecular weight excluding hydrogens is 277 g/mol. The van der Waals surface area contributed by atoms with Gasteiger partial charge in [0.1, 0.15) is 0 Å². The number of rotatable bonds is 2. The van der Waals surface area contributed by atoms with E-state index >= 15 is 0 Å². The molecule has 0 bridgehead atoms. The zero-order valence-electron chi connectivity index (χ0n) is 7.33. The molecule has 1 atom stereocenters. The molecule has 0 amide bonds. The Kier molecular flexibility index (Phi) is 2.55. The molecular formula is C10H11INO-. The second-order valence-electron chi connectivity index (χ2n) is 2.81. The van der Waals surface area contributed by atoms with Gasteiger partial charge in [-0.25, -0.2) is 0 Å². The van der Waals surface area contributed by atoms with Gasteiger partial charge in [0, 0.05) is 0 Å². The van der Waals surface area contributed by atoms with Crippen molar-refractivity contribution in [1.82, 2.24) is 0 Å². The Labute approximate surface area is 87.4 Å². The first-order chi connectivity index (χ1) is 6.31. The molecule has 0 aliphatic heterocycles. The van der Waals surface area contributed by atoms with Crippen LogP contribution in [0.4, 0.5) is 0 Å². The van der Waals surface area contributed by atoms with E-state index in [1.54, 1.807) is 0 Å². The molecule has 0 aliphatic rings. The van der Waals surface area contributed by atoms with Gasteiger partial charge in [-0.1, -0.05) is 0 Å². The van der Waals surface area contributed by atoms with Crippen LogP contribution in [-0.2, 0) is 0 Å². The summed E-state index contributed by atoms with van der Waals surface area (Å²) in [6.07, 6.45) is 0. The topological polar surface area (TPSA) is 39.2 Å². The quantitative estimate of drug-likeness (QED) is 0.442. The van der Waals surface area contributed by atoms with Crippen LogP contribution >= 0.6 is 0 Å². The van der Waals surface area contributed by atoms with Crippen molar-refractivity contribution in [3.8, 4) is 0 Å². The number of hydrogen-bond acceptors (Lipinski definition) is 2. The summed E-state index contributed by atoms with van der Waals surface area (Å²) in [5.74, 6) is 0.927. The molecule has 0 aliphatic carbocycles. The summed E-state index contributed by atoms with van der Waals surface area (Å²) >= 11 is 0.0122. The van der Waals surface area contributed by atoms with Crippen molar-refractivity contribution in [2.24, 2.45) is 5.73 Å². The van der Waals surface area contributed by atoms with E-state index in [0.717, 1.165) is 16.7 Å². The molecule has 70 valence electrons. The van der Waals surface area contributed by atoms with Crippen LogP contribution in [0.5, 0.6) is 0 Å². The molecule has 2 rings (SSSR count). The van der Waals surface area contributed by atoms with Gasteiger partial charge in [-0.05, 0) is 0 Å². The van der Waals surface area contributed by atoms with Gasteiger partial charge in [0.25, 0.3) is 0 Å². The van der Waals surface area contributed by atoms with Crippen LogP contribution in [0.15, 0.2) is 34.7 Å². The summed E-state index contributed by atoms with van der Waals surface area (Å²) in [4.78, 5) is 2.16. The number of para-hydroxylation sites is 1. The number of alkyl halides is 2. The molecule has 1 heterocycles. The fraction of sp³-hybridized carbons (Fsp3) is 0.200. The van der Waals surface area contributed by atoms with Crippen molar-refractivity contribution in [2.75, 3.05) is 4.93 Å². The minimum absolute atomic E-state index is 0.0122. The maximum absolute atomic E-state index is 5.91. The van der Waals surface area contributed by atoms with Gasteiger partial charge < -0.3 is 0 Å². The third-order valence-corrected chi connectivity index (χ3v) is 3.91. The van der Waals surface area contributed by atoms with Crippen molar-refractivity contribution in [3.63, 3.8) is 0 Å². The number of halogens is 1. The van der Waals surface area contributed by atoms with E-state index in [9.17, 15) is 0 Å². The van der Waals surface area contributed by atoms with Gasteiger partial charge in [-0.15, -0.1) is 0 Å². The van der Waals surface area contributed by atoms with Crippen LogP contribution in [0, 0.1) is 0 Å². The Morgan fingerprint density at radius 1 is 1.38 bits per heavy atom. The Bertz CT molecular complexity index is 377. The average Bonchev–Trinajstić information content (AvgIpc) is 2.59. The zero-order chi connectivity index (χ0) is 9.26. The molecule has 13 heavy (non-hydrogen) atoms. The van der Waals surface area contributed by atoms with Crippen LogP contribution in [0.2, 0.25) is 0 Å². The molecule has 2 nitrogen and oxygen atoms in total. The molecule has 3 heteroatoms. The fourth-order valence-corrected chi connectivity index (χ4v) is 2.17. The summed E-state index contributed by atoms with van der Waals surface area (Å²) in [7, 11) is 0. The van der Waals surface area contributed by atoms with E-state index < -0.39 is 0 Å². The molecule has 0 saturated heterocycles. The van der Waals surface area contributed by atoms with Gasteiger partial charge in [-0.2, -0.15) is 0 Å². The predicted molar refractivity (Wildman–Crippen MR) is 49.1 cm³/mol. The Hall–Kier alpha value is -0.550. The predicted octanol–water partition coefficient (Wildman–Crippen LogP) is -0.891. The van der Waals surface area contributed by atoms with E-state index in [0.29, 0.717) is 0 Å². The van der Waals surface area contributed by atoms with Crippen LogP contribution in [0.1, 0.15) is 9.81 Å². The normalized spacial score (nSPS) is 13.7. The molecule has 1 aromatic carbocycles. The van der Waals surface area contributed by atoms with Crippen molar-refractivity contribution >= 4 is 11.0 Å². The van der Waals surface area contributed by atoms with E-state index in [-0.39, 0.29) is 25.3 Å². The van der Waals surface area contributed by atoms with E-state index in [1.165, 1.54) is 0 Å². The second kappa shape index (κ2) is 3.67. The van der Waals surface area contributed by atoms with Crippen molar-refractivity contribution < 1.29 is 25.6 Å². The maximum atomic E-state index is 5.91. The number of furan rings is 1. The summed E-state index contributed by atoms with van der Waals surface area (Å²) in [6.45, 7) is 0. The first-order valence-electron chi connectivity index (χ1n) is 4.03. The number of nitrogens with two attached hydrogens (primary N) is 1. The third-order valence-electron chi connectivity index (χ3n) is 1.95. The van der Waals surface area contributed by atoms with Gasteiger partial charge in [0.05, 0.1) is 0 Å². The van der Waals surface area contributed by atoms with Crippen molar-refractivity contribution in [3.05, 3.63) is 36.1 Å². The molecule has 0 fully saturated rings. The van der Waals surface area contributed by atoms with Crippen molar-refractivity contribution in [1.29, 1.82) is 0 Å². The summed E-state index contributed by atoms with van der Waals surface area (Å²) in [6, 6.07) is 10.0. The standard InChI is InChI=1S/C10H11INO/c1-11-10(12)9-6-7-4-2-3-5-8(7)13-9/h2-6,10H,12H2,1H3/q-1/t10-/m0/s1. The molecule has 0 spiro atoms. The van der Waals surface area contributed by atoms with Crippen LogP contribution in [0.25, 0.3) is 11.0 Å². The average molecular weight is 288 g/mol. The number of benzene rings is 1. The minimum atomic E-state index is 0.0122. The Balaban J connectivity index is 2.49. The SMILES string of the molecule is C[I-][C@@H](N)c1cc2ccccc2o1. The first-order valence-corrected chi connectivity index (χ1v) is 7.43. The van der Waals surface area contributed by atoms with Crippen LogP contribution in [0.3, 0.4) is 0 Å². The van der Waals surface area contributed by atoms with Crippen molar-refractivity contribution in [2.45, 2.75) is 4.05 Å². The van der Waals surface area contributed by atoms with Gasteiger partial charge in [0.2, 0.25) is 0 Å². The third kappa shape index (κ3) is 1.71. The molecule has 2 aromatic rings. The van der Waals surface area contributed by atoms with Crippen LogP contribution < -0.4 is 26.9 Å². The van der Waals surface area contributed by atoms with E-state index in [4.69, 9.17) is 10.2 Å². The Morgan fingerprint density at radius 3 is 2.85 bits per heavy atom. The van der Waals surface area contributed by atoms with E-state index in [1.807, 2.05) is 30.3 Å². The summed E-state index contributed by atoms with van der Waals surface area (Å²) < 4.78 is 5.75. The van der Waals surface area contributed by atoms with E-state index in [2.05, 4.69) is 4.93 Å². The number of fused-ring (bicyclic) bond motifs is 1. The molecule has 2 N–H and O–H groups in total. The molecule has 1 aromatic heterocycles. The number of hydrogen-bond donors (Lipinski definition) is 1. The van der Waals surface area contributed by atoms with Gasteiger partial charge in [0.15, 0.2) is 0 Å². The van der Waals surface area contributed by atoms with Gasteiger partial charge >= 0.3 is 87.4 Å². The summed E-state index contributed by atoms with van der Waals surface area (Å²) in [5, 5.41) is 1.14. The molecule has 0 unspecified atom stereocenters. The summed E-state index contributed by atoms with van der Waals surface area (Å²) in [5.41, 5.74) is 6.85. The molecule has 0 saturated carbocycles.